The average molecular weight is 689 g/mol. The third-order valence-electron chi connectivity index (χ3n) is 9.73. The standard InChI is InChI=1S/C35H47F3N6O5/c1-5-30(46)42-31(33(48)44-16-14-43(3)15-17-44)22(2)24-12-13-28(27(36)18-24)41-32(47)26(23-10-8-6-7-9-11-23)19-29(45)35(37,38)25-20-39-34(49-4)40-21-25/h12-13,18,20-23,26,31H,5-11,14-17,19H2,1-4H3,(H,41,47)(H,42,46)/t22-,26-,31+/m0/s1. The van der Waals surface area contributed by atoms with E-state index < -0.39 is 53.3 Å². The number of carbonyl (C=O) groups is 4. The molecule has 2 aliphatic rings. The molecule has 4 rings (SSSR count). The quantitative estimate of drug-likeness (QED) is 0.290. The van der Waals surface area contributed by atoms with Crippen LogP contribution in [0, 0.1) is 17.7 Å². The summed E-state index contributed by atoms with van der Waals surface area (Å²) in [4.78, 5) is 63.9. The van der Waals surface area contributed by atoms with Crippen molar-refractivity contribution in [1.82, 2.24) is 25.1 Å². The largest absolute Gasteiger partial charge is 0.467 e. The van der Waals surface area contributed by atoms with Crippen molar-refractivity contribution in [2.75, 3.05) is 45.7 Å². The van der Waals surface area contributed by atoms with Crippen molar-refractivity contribution in [3.05, 3.63) is 47.5 Å². The van der Waals surface area contributed by atoms with E-state index in [1.807, 2.05) is 7.05 Å². The molecule has 1 aromatic carbocycles. The van der Waals surface area contributed by atoms with Crippen LogP contribution in [0.2, 0.25) is 0 Å². The number of aromatic nitrogens is 2. The summed E-state index contributed by atoms with van der Waals surface area (Å²) in [6, 6.07) is 3.06. The Bertz CT molecular complexity index is 1460. The van der Waals surface area contributed by atoms with E-state index in [-0.39, 0.29) is 35.9 Å². The first-order chi connectivity index (χ1) is 23.3. The summed E-state index contributed by atoms with van der Waals surface area (Å²) >= 11 is 0. The molecule has 1 saturated heterocycles. The van der Waals surface area contributed by atoms with Crippen LogP contribution in [-0.2, 0) is 25.1 Å². The average Bonchev–Trinajstić information content (AvgIpc) is 3.39. The minimum atomic E-state index is -3.95. The highest BCUT2D eigenvalue weighted by Crippen LogP contribution is 2.37. The van der Waals surface area contributed by atoms with Gasteiger partial charge in [0.2, 0.25) is 23.5 Å². The van der Waals surface area contributed by atoms with E-state index in [1.54, 1.807) is 24.8 Å². The van der Waals surface area contributed by atoms with Crippen molar-refractivity contribution in [1.29, 1.82) is 0 Å². The molecule has 0 bridgehead atoms. The molecule has 0 spiro atoms. The molecule has 14 heteroatoms. The van der Waals surface area contributed by atoms with Crippen LogP contribution >= 0.6 is 0 Å². The second-order valence-electron chi connectivity index (χ2n) is 13.1. The Morgan fingerprint density at radius 1 is 1.02 bits per heavy atom. The molecule has 2 heterocycles. The van der Waals surface area contributed by atoms with Gasteiger partial charge in [-0.3, -0.25) is 19.2 Å². The normalized spacial score (nSPS) is 18.1. The number of methoxy groups -OCH3 is 1. The second-order valence-corrected chi connectivity index (χ2v) is 13.1. The van der Waals surface area contributed by atoms with Gasteiger partial charge in [-0.15, -0.1) is 0 Å². The van der Waals surface area contributed by atoms with Gasteiger partial charge >= 0.3 is 11.9 Å². The molecule has 2 fully saturated rings. The van der Waals surface area contributed by atoms with Gasteiger partial charge in [0.1, 0.15) is 11.9 Å². The van der Waals surface area contributed by atoms with E-state index in [0.717, 1.165) is 38.1 Å². The first kappa shape index (κ1) is 37.7. The molecule has 1 aliphatic heterocycles. The number of hydrogen-bond donors (Lipinski definition) is 2. The first-order valence-corrected chi connectivity index (χ1v) is 17.0. The molecule has 0 unspecified atom stereocenters. The molecule has 11 nitrogen and oxygen atoms in total. The van der Waals surface area contributed by atoms with Crippen LogP contribution in [0.4, 0.5) is 18.9 Å². The van der Waals surface area contributed by atoms with Crippen molar-refractivity contribution in [2.24, 2.45) is 11.8 Å². The van der Waals surface area contributed by atoms with Gasteiger partial charge in [0.15, 0.2) is 0 Å². The highest BCUT2D eigenvalue weighted by Gasteiger charge is 2.44. The molecule has 3 amide bonds. The number of nitrogens with zero attached hydrogens (tertiary/aromatic N) is 4. The topological polar surface area (TPSA) is 134 Å². The lowest BCUT2D eigenvalue weighted by atomic mass is 9.81. The summed E-state index contributed by atoms with van der Waals surface area (Å²) in [6.45, 7) is 5.80. The van der Waals surface area contributed by atoms with E-state index >= 15 is 13.2 Å². The molecule has 2 N–H and O–H groups in total. The number of anilines is 1. The molecular formula is C35H47F3N6O5. The van der Waals surface area contributed by atoms with Crippen LogP contribution in [0.5, 0.6) is 6.01 Å². The number of piperazine rings is 1. The Labute approximate surface area is 285 Å². The Kier molecular flexibility index (Phi) is 13.1. The Morgan fingerprint density at radius 3 is 2.22 bits per heavy atom. The molecule has 49 heavy (non-hydrogen) atoms. The molecule has 1 aromatic heterocycles. The molecule has 0 radical (unpaired) electrons. The monoisotopic (exact) mass is 688 g/mol. The fraction of sp³-hybridized carbons (Fsp3) is 0.600. The zero-order valence-corrected chi connectivity index (χ0v) is 28.6. The minimum Gasteiger partial charge on any atom is -0.467 e. The van der Waals surface area contributed by atoms with E-state index in [9.17, 15) is 19.2 Å². The van der Waals surface area contributed by atoms with Crippen molar-refractivity contribution in [3.8, 4) is 6.01 Å². The third-order valence-corrected chi connectivity index (χ3v) is 9.73. The van der Waals surface area contributed by atoms with Gasteiger partial charge in [0.05, 0.1) is 18.4 Å². The van der Waals surface area contributed by atoms with Crippen LogP contribution in [0.1, 0.15) is 82.3 Å². The molecule has 2 aromatic rings. The maximum atomic E-state index is 15.7. The summed E-state index contributed by atoms with van der Waals surface area (Å²) in [5.41, 5.74) is -0.466. The van der Waals surface area contributed by atoms with Gasteiger partial charge in [-0.25, -0.2) is 14.4 Å². The van der Waals surface area contributed by atoms with Gasteiger partial charge < -0.3 is 25.2 Å². The zero-order chi connectivity index (χ0) is 35.7. The number of benzene rings is 1. The SMILES string of the molecule is CCC(=O)N[C@@H](C(=O)N1CCN(C)CC1)[C@@H](C)c1ccc(NC(=O)[C@@H](CC(=O)C(F)(F)c2cnc(OC)nc2)C2CCCCCC2)c(F)c1. The van der Waals surface area contributed by atoms with Crippen molar-refractivity contribution in [2.45, 2.75) is 83.1 Å². The molecule has 3 atom stereocenters. The number of Topliss-reactive ketones (excluding diaryl/α,β-unsaturated/α-hetero) is 1. The zero-order valence-electron chi connectivity index (χ0n) is 28.6. The van der Waals surface area contributed by atoms with Crippen LogP contribution in [0.15, 0.2) is 30.6 Å². The number of amides is 3. The smallest absolute Gasteiger partial charge is 0.333 e. The van der Waals surface area contributed by atoms with Gasteiger partial charge in [0.25, 0.3) is 0 Å². The van der Waals surface area contributed by atoms with Crippen LogP contribution in [0.3, 0.4) is 0 Å². The lowest BCUT2D eigenvalue weighted by Crippen LogP contribution is -2.55. The van der Waals surface area contributed by atoms with Crippen molar-refractivity contribution < 1.29 is 37.1 Å². The predicted octanol–water partition coefficient (Wildman–Crippen LogP) is 4.67. The minimum absolute atomic E-state index is 0.131. The van der Waals surface area contributed by atoms with E-state index in [4.69, 9.17) is 4.74 Å². The van der Waals surface area contributed by atoms with E-state index in [2.05, 4.69) is 25.5 Å². The fourth-order valence-corrected chi connectivity index (χ4v) is 6.49. The Hall–Kier alpha value is -4.07. The van der Waals surface area contributed by atoms with Crippen LogP contribution < -0.4 is 15.4 Å². The summed E-state index contributed by atoms with van der Waals surface area (Å²) < 4.78 is 51.1. The lowest BCUT2D eigenvalue weighted by Gasteiger charge is -2.36. The maximum Gasteiger partial charge on any atom is 0.333 e. The number of nitrogens with one attached hydrogen (secondary N) is 2. The van der Waals surface area contributed by atoms with Gasteiger partial charge in [0, 0.05) is 63.3 Å². The van der Waals surface area contributed by atoms with Gasteiger partial charge in [-0.1, -0.05) is 45.6 Å². The second kappa shape index (κ2) is 17.0. The number of ether oxygens (including phenoxy) is 1. The Balaban J connectivity index is 1.53. The molecule has 1 saturated carbocycles. The van der Waals surface area contributed by atoms with Crippen LogP contribution in [-0.4, -0.2) is 89.7 Å². The number of carbonyl (C=O) groups excluding carboxylic acids is 4. The van der Waals surface area contributed by atoms with E-state index in [1.165, 1.54) is 19.2 Å². The molecule has 1 aliphatic carbocycles. The summed E-state index contributed by atoms with van der Waals surface area (Å²) in [5, 5.41) is 5.35. The van der Waals surface area contributed by atoms with Crippen molar-refractivity contribution in [3.63, 3.8) is 0 Å². The Morgan fingerprint density at radius 2 is 1.65 bits per heavy atom. The fourth-order valence-electron chi connectivity index (χ4n) is 6.49. The van der Waals surface area contributed by atoms with Gasteiger partial charge in [-0.2, -0.15) is 8.78 Å². The van der Waals surface area contributed by atoms with Crippen LogP contribution in [0.25, 0.3) is 0 Å². The highest BCUT2D eigenvalue weighted by atomic mass is 19.3. The lowest BCUT2D eigenvalue weighted by molar-refractivity contribution is -0.147. The summed E-state index contributed by atoms with van der Waals surface area (Å²) in [7, 11) is 3.25. The summed E-state index contributed by atoms with van der Waals surface area (Å²) in [5.74, 6) is -9.57. The molecular weight excluding hydrogens is 641 g/mol. The number of likely N-dealkylation sites (N-methyl/N-ethyl adjacent to an activating group) is 1. The number of hydrogen-bond acceptors (Lipinski definition) is 8. The predicted molar refractivity (Wildman–Crippen MR) is 177 cm³/mol. The first-order valence-electron chi connectivity index (χ1n) is 17.0. The summed E-state index contributed by atoms with van der Waals surface area (Å²) in [6.07, 6.45) is 5.65. The number of alkyl halides is 2. The van der Waals surface area contributed by atoms with E-state index in [0.29, 0.717) is 44.6 Å². The number of halogens is 3. The highest BCUT2D eigenvalue weighted by molar-refractivity contribution is 5.97. The number of ketones is 1. The molecule has 268 valence electrons. The third kappa shape index (κ3) is 9.55. The van der Waals surface area contributed by atoms with Crippen molar-refractivity contribution >= 4 is 29.2 Å². The van der Waals surface area contributed by atoms with Gasteiger partial charge in [-0.05, 0) is 43.5 Å². The maximum absolute atomic E-state index is 15.7. The number of rotatable bonds is 13.